The van der Waals surface area contributed by atoms with Crippen molar-refractivity contribution >= 4 is 17.3 Å². The van der Waals surface area contributed by atoms with Gasteiger partial charge >= 0.3 is 0 Å². The highest BCUT2D eigenvalue weighted by Gasteiger charge is 2.07. The van der Waals surface area contributed by atoms with Crippen molar-refractivity contribution < 1.29 is 4.42 Å². The third kappa shape index (κ3) is 4.16. The molecule has 0 bridgehead atoms. The zero-order valence-corrected chi connectivity index (χ0v) is 10.4. The molecule has 5 nitrogen and oxygen atoms in total. The minimum Gasteiger partial charge on any atom is -0.448 e. The van der Waals surface area contributed by atoms with E-state index in [1.807, 2.05) is 6.92 Å². The van der Waals surface area contributed by atoms with Gasteiger partial charge in [-0.2, -0.15) is 0 Å². The molecule has 0 radical (unpaired) electrons. The molecule has 0 aromatic carbocycles. The quantitative estimate of drug-likeness (QED) is 0.646. The topological polar surface area (TPSA) is 76.1 Å². The zero-order chi connectivity index (χ0) is 12.0. The van der Waals surface area contributed by atoms with E-state index in [0.29, 0.717) is 11.7 Å². The predicted octanol–water partition coefficient (Wildman–Crippen LogP) is 0.337. The van der Waals surface area contributed by atoms with Crippen LogP contribution in [0.3, 0.4) is 0 Å². The Labute approximate surface area is 101 Å². The van der Waals surface area contributed by atoms with E-state index in [4.69, 9.17) is 22.4 Å². The first-order chi connectivity index (χ1) is 7.63. The van der Waals surface area contributed by atoms with E-state index >= 15 is 0 Å². The summed E-state index contributed by atoms with van der Waals surface area (Å²) in [4.78, 5) is 4.03. The first-order valence-electron chi connectivity index (χ1n) is 5.23. The number of aryl methyl sites for hydroxylation is 2. The van der Waals surface area contributed by atoms with Crippen LogP contribution in [0.5, 0.6) is 0 Å². The van der Waals surface area contributed by atoms with Gasteiger partial charge in [-0.3, -0.25) is 0 Å². The molecule has 0 aliphatic heterocycles. The molecule has 1 aromatic rings. The number of nitrogens with zero attached hydrogens (tertiary/aromatic N) is 1. The van der Waals surface area contributed by atoms with Crippen LogP contribution in [-0.2, 0) is 6.42 Å². The molecular formula is C10H18N4OS. The van der Waals surface area contributed by atoms with E-state index in [-0.39, 0.29) is 6.04 Å². The highest BCUT2D eigenvalue weighted by Crippen LogP contribution is 2.08. The van der Waals surface area contributed by atoms with E-state index < -0.39 is 0 Å². The molecule has 1 aromatic heterocycles. The summed E-state index contributed by atoms with van der Waals surface area (Å²) < 4.78 is 5.24. The van der Waals surface area contributed by atoms with Crippen LogP contribution >= 0.6 is 12.2 Å². The Kier molecular flexibility index (Phi) is 5.21. The van der Waals surface area contributed by atoms with Crippen LogP contribution < -0.4 is 16.4 Å². The summed E-state index contributed by atoms with van der Waals surface area (Å²) in [5.74, 6) is 0.909. The van der Waals surface area contributed by atoms with Gasteiger partial charge in [0.15, 0.2) is 11.5 Å². The SMILES string of the molecule is CNC(=S)NCC(N)CCc1ocnc1C. The molecule has 0 aliphatic carbocycles. The van der Waals surface area contributed by atoms with Gasteiger partial charge in [0.2, 0.25) is 0 Å². The molecule has 90 valence electrons. The largest absolute Gasteiger partial charge is 0.448 e. The molecule has 0 aliphatic rings. The number of hydrogen-bond acceptors (Lipinski definition) is 4. The summed E-state index contributed by atoms with van der Waals surface area (Å²) in [6.07, 6.45) is 3.11. The Morgan fingerprint density at radius 3 is 3.00 bits per heavy atom. The number of oxazole rings is 1. The fourth-order valence-electron chi connectivity index (χ4n) is 1.30. The molecule has 1 unspecified atom stereocenters. The van der Waals surface area contributed by atoms with Crippen LogP contribution in [0.25, 0.3) is 0 Å². The lowest BCUT2D eigenvalue weighted by Gasteiger charge is -2.13. The van der Waals surface area contributed by atoms with Gasteiger partial charge in [-0.25, -0.2) is 4.98 Å². The van der Waals surface area contributed by atoms with Gasteiger partial charge in [-0.15, -0.1) is 0 Å². The maximum Gasteiger partial charge on any atom is 0.181 e. The monoisotopic (exact) mass is 242 g/mol. The van der Waals surface area contributed by atoms with Gasteiger partial charge < -0.3 is 20.8 Å². The van der Waals surface area contributed by atoms with Crippen LogP contribution in [-0.4, -0.2) is 29.7 Å². The van der Waals surface area contributed by atoms with Crippen LogP contribution in [0.2, 0.25) is 0 Å². The van der Waals surface area contributed by atoms with Crippen LogP contribution in [0.1, 0.15) is 17.9 Å². The first kappa shape index (κ1) is 12.9. The Morgan fingerprint density at radius 2 is 2.44 bits per heavy atom. The van der Waals surface area contributed by atoms with E-state index in [2.05, 4.69) is 15.6 Å². The summed E-state index contributed by atoms with van der Waals surface area (Å²) in [5, 5.41) is 6.48. The molecule has 6 heteroatoms. The molecule has 1 atom stereocenters. The minimum absolute atomic E-state index is 0.0517. The summed E-state index contributed by atoms with van der Waals surface area (Å²) in [7, 11) is 1.78. The van der Waals surface area contributed by atoms with E-state index in [0.717, 1.165) is 24.3 Å². The predicted molar refractivity (Wildman–Crippen MR) is 67.2 cm³/mol. The lowest BCUT2D eigenvalue weighted by atomic mass is 10.1. The van der Waals surface area contributed by atoms with Crippen molar-refractivity contribution in [3.05, 3.63) is 17.8 Å². The van der Waals surface area contributed by atoms with Gasteiger partial charge in [0.1, 0.15) is 5.76 Å². The first-order valence-corrected chi connectivity index (χ1v) is 5.64. The molecule has 1 heterocycles. The molecule has 1 rings (SSSR count). The molecular weight excluding hydrogens is 224 g/mol. The van der Waals surface area contributed by atoms with Gasteiger partial charge in [0, 0.05) is 26.1 Å². The van der Waals surface area contributed by atoms with Crippen molar-refractivity contribution in [2.24, 2.45) is 5.73 Å². The maximum atomic E-state index is 5.93. The Morgan fingerprint density at radius 1 is 1.69 bits per heavy atom. The zero-order valence-electron chi connectivity index (χ0n) is 9.62. The van der Waals surface area contributed by atoms with Crippen molar-refractivity contribution in [1.82, 2.24) is 15.6 Å². The fourth-order valence-corrected chi connectivity index (χ4v) is 1.38. The summed E-state index contributed by atoms with van der Waals surface area (Å²) in [6, 6.07) is 0.0517. The average molecular weight is 242 g/mol. The third-order valence-electron chi connectivity index (χ3n) is 2.34. The summed E-state index contributed by atoms with van der Waals surface area (Å²) >= 11 is 4.95. The minimum atomic E-state index is 0.0517. The van der Waals surface area contributed by atoms with Crippen molar-refractivity contribution in [3.8, 4) is 0 Å². The lowest BCUT2D eigenvalue weighted by molar-refractivity contribution is 0.477. The molecule has 0 saturated heterocycles. The standard InChI is InChI=1S/C10H18N4OS/c1-7-9(15-6-14-7)4-3-8(11)5-13-10(16)12-2/h6,8H,3-5,11H2,1-2H3,(H2,12,13,16). The van der Waals surface area contributed by atoms with E-state index in [1.54, 1.807) is 7.05 Å². The highest BCUT2D eigenvalue weighted by atomic mass is 32.1. The van der Waals surface area contributed by atoms with Gasteiger partial charge in [-0.05, 0) is 25.6 Å². The molecule has 4 N–H and O–H groups in total. The normalized spacial score (nSPS) is 12.2. The Bertz CT molecular complexity index is 339. The maximum absolute atomic E-state index is 5.93. The highest BCUT2D eigenvalue weighted by molar-refractivity contribution is 7.80. The van der Waals surface area contributed by atoms with Gasteiger partial charge in [-0.1, -0.05) is 0 Å². The van der Waals surface area contributed by atoms with Crippen LogP contribution in [0.4, 0.5) is 0 Å². The van der Waals surface area contributed by atoms with Crippen molar-refractivity contribution in [2.45, 2.75) is 25.8 Å². The number of nitrogens with one attached hydrogen (secondary N) is 2. The third-order valence-corrected chi connectivity index (χ3v) is 2.69. The lowest BCUT2D eigenvalue weighted by Crippen LogP contribution is -2.41. The molecule has 0 saturated carbocycles. The van der Waals surface area contributed by atoms with Crippen molar-refractivity contribution in [1.29, 1.82) is 0 Å². The summed E-state index contributed by atoms with van der Waals surface area (Å²) in [6.45, 7) is 2.59. The smallest absolute Gasteiger partial charge is 0.181 e. The van der Waals surface area contributed by atoms with Crippen LogP contribution in [0, 0.1) is 6.92 Å². The number of hydrogen-bond donors (Lipinski definition) is 3. The van der Waals surface area contributed by atoms with Crippen LogP contribution in [0.15, 0.2) is 10.8 Å². The van der Waals surface area contributed by atoms with E-state index in [9.17, 15) is 0 Å². The van der Waals surface area contributed by atoms with Crippen molar-refractivity contribution in [2.75, 3.05) is 13.6 Å². The molecule has 0 fully saturated rings. The number of nitrogens with two attached hydrogens (primary N) is 1. The molecule has 16 heavy (non-hydrogen) atoms. The number of aromatic nitrogens is 1. The number of thiocarbonyl (C=S) groups is 1. The second-order valence-corrected chi connectivity index (χ2v) is 4.03. The second-order valence-electron chi connectivity index (χ2n) is 3.62. The van der Waals surface area contributed by atoms with E-state index in [1.165, 1.54) is 6.39 Å². The average Bonchev–Trinajstić information content (AvgIpc) is 2.69. The summed E-state index contributed by atoms with van der Waals surface area (Å²) in [5.41, 5.74) is 6.87. The molecule has 0 spiro atoms. The molecule has 0 amide bonds. The van der Waals surface area contributed by atoms with Gasteiger partial charge in [0.25, 0.3) is 0 Å². The fraction of sp³-hybridized carbons (Fsp3) is 0.600. The van der Waals surface area contributed by atoms with Crippen molar-refractivity contribution in [3.63, 3.8) is 0 Å². The Hall–Kier alpha value is -1.14. The van der Waals surface area contributed by atoms with Gasteiger partial charge in [0.05, 0.1) is 5.69 Å². The Balaban J connectivity index is 2.22. The second kappa shape index (κ2) is 6.44. The number of rotatable bonds is 5.